The SMILES string of the molecule is C/C=c1\c(=C/C2C(C)CC2C)c2ccccc2n1C(C)CC. The van der Waals surface area contributed by atoms with E-state index in [1.807, 2.05) is 0 Å². The molecule has 1 aliphatic carbocycles. The molecule has 3 unspecified atom stereocenters. The first-order chi connectivity index (χ1) is 10.6. The van der Waals surface area contributed by atoms with Crippen LogP contribution in [0.3, 0.4) is 0 Å². The van der Waals surface area contributed by atoms with E-state index in [9.17, 15) is 0 Å². The average Bonchev–Trinajstić information content (AvgIpc) is 2.85. The Labute approximate surface area is 134 Å². The zero-order valence-electron chi connectivity index (χ0n) is 14.6. The summed E-state index contributed by atoms with van der Waals surface area (Å²) >= 11 is 0. The Morgan fingerprint density at radius 1 is 1.23 bits per heavy atom. The van der Waals surface area contributed by atoms with Crippen LogP contribution in [-0.4, -0.2) is 4.57 Å². The molecule has 3 rings (SSSR count). The lowest BCUT2D eigenvalue weighted by atomic mass is 9.66. The standard InChI is InChI=1S/C21H29N/c1-6-16(5)22-20(7-2)19(13-18-14(3)12-15(18)4)17-10-8-9-11-21(17)22/h7-11,13-16,18H,6,12H2,1-5H3/b19-13-,20-7+. The first-order valence-corrected chi connectivity index (χ1v) is 8.85. The van der Waals surface area contributed by atoms with Crippen LogP contribution in [0.2, 0.25) is 0 Å². The second-order valence-corrected chi connectivity index (χ2v) is 7.17. The molecular formula is C21H29N. The number of rotatable bonds is 3. The molecule has 1 fully saturated rings. The third-order valence-electron chi connectivity index (χ3n) is 5.71. The lowest BCUT2D eigenvalue weighted by molar-refractivity contribution is 0.162. The highest BCUT2D eigenvalue weighted by molar-refractivity contribution is 5.82. The minimum Gasteiger partial charge on any atom is -0.338 e. The van der Waals surface area contributed by atoms with E-state index in [0.717, 1.165) is 24.2 Å². The van der Waals surface area contributed by atoms with Crippen LogP contribution >= 0.6 is 0 Å². The van der Waals surface area contributed by atoms with Crippen molar-refractivity contribution in [2.75, 3.05) is 0 Å². The van der Waals surface area contributed by atoms with E-state index in [4.69, 9.17) is 0 Å². The highest BCUT2D eigenvalue weighted by Crippen LogP contribution is 2.40. The monoisotopic (exact) mass is 295 g/mol. The van der Waals surface area contributed by atoms with E-state index >= 15 is 0 Å². The Morgan fingerprint density at radius 3 is 2.50 bits per heavy atom. The summed E-state index contributed by atoms with van der Waals surface area (Å²) < 4.78 is 2.54. The van der Waals surface area contributed by atoms with Gasteiger partial charge in [0.1, 0.15) is 0 Å². The molecule has 0 bridgehead atoms. The lowest BCUT2D eigenvalue weighted by Gasteiger charge is -2.39. The highest BCUT2D eigenvalue weighted by atomic mass is 15.0. The van der Waals surface area contributed by atoms with Crippen LogP contribution in [0.1, 0.15) is 53.5 Å². The molecule has 0 amide bonds. The number of hydrogen-bond acceptors (Lipinski definition) is 0. The van der Waals surface area contributed by atoms with Gasteiger partial charge in [-0.1, -0.05) is 51.1 Å². The molecule has 1 aromatic carbocycles. The van der Waals surface area contributed by atoms with Crippen molar-refractivity contribution in [2.24, 2.45) is 17.8 Å². The van der Waals surface area contributed by atoms with E-state index in [1.165, 1.54) is 27.9 Å². The summed E-state index contributed by atoms with van der Waals surface area (Å²) in [6, 6.07) is 9.45. The number of nitrogens with zero attached hydrogens (tertiary/aromatic N) is 1. The fourth-order valence-corrected chi connectivity index (χ4v) is 4.22. The lowest BCUT2D eigenvalue weighted by Crippen LogP contribution is -2.36. The zero-order chi connectivity index (χ0) is 15.9. The molecule has 1 nitrogen and oxygen atoms in total. The normalized spacial score (nSPS) is 28.1. The summed E-state index contributed by atoms with van der Waals surface area (Å²) in [6.45, 7) is 11.6. The van der Waals surface area contributed by atoms with Crippen LogP contribution in [0.4, 0.5) is 0 Å². The summed E-state index contributed by atoms with van der Waals surface area (Å²) in [5, 5.41) is 4.28. The van der Waals surface area contributed by atoms with Crippen molar-refractivity contribution in [1.82, 2.24) is 4.57 Å². The second kappa shape index (κ2) is 5.95. The van der Waals surface area contributed by atoms with E-state index in [0.29, 0.717) is 6.04 Å². The fraction of sp³-hybridized carbons (Fsp3) is 0.524. The van der Waals surface area contributed by atoms with Crippen molar-refractivity contribution >= 4 is 23.1 Å². The molecule has 22 heavy (non-hydrogen) atoms. The molecule has 1 heteroatoms. The van der Waals surface area contributed by atoms with E-state index in [2.05, 4.69) is 75.6 Å². The van der Waals surface area contributed by atoms with Crippen molar-refractivity contribution in [3.8, 4) is 0 Å². The molecule has 0 saturated heterocycles. The summed E-state index contributed by atoms with van der Waals surface area (Å²) in [4.78, 5) is 0. The minimum atomic E-state index is 0.537. The molecule has 3 atom stereocenters. The maximum atomic E-state index is 2.56. The van der Waals surface area contributed by atoms with Crippen LogP contribution in [-0.2, 0) is 0 Å². The Morgan fingerprint density at radius 2 is 1.91 bits per heavy atom. The van der Waals surface area contributed by atoms with Gasteiger partial charge in [-0.2, -0.15) is 0 Å². The predicted molar refractivity (Wildman–Crippen MR) is 97.2 cm³/mol. The number of para-hydroxylation sites is 1. The van der Waals surface area contributed by atoms with E-state index in [-0.39, 0.29) is 0 Å². The van der Waals surface area contributed by atoms with Gasteiger partial charge in [-0.25, -0.2) is 0 Å². The highest BCUT2D eigenvalue weighted by Gasteiger charge is 2.32. The fourth-order valence-electron chi connectivity index (χ4n) is 4.22. The third-order valence-corrected chi connectivity index (χ3v) is 5.71. The maximum Gasteiger partial charge on any atom is 0.0493 e. The van der Waals surface area contributed by atoms with Gasteiger partial charge in [0.2, 0.25) is 0 Å². The maximum absolute atomic E-state index is 2.56. The number of aromatic nitrogens is 1. The van der Waals surface area contributed by atoms with Gasteiger partial charge < -0.3 is 4.57 Å². The Balaban J connectivity index is 2.33. The van der Waals surface area contributed by atoms with Crippen molar-refractivity contribution in [3.05, 3.63) is 34.8 Å². The molecule has 118 valence electrons. The molecular weight excluding hydrogens is 266 g/mol. The third kappa shape index (κ3) is 2.31. The predicted octanol–water partition coefficient (Wildman–Crippen LogP) is 4.49. The van der Waals surface area contributed by atoms with Crippen LogP contribution in [0, 0.1) is 17.8 Å². The van der Waals surface area contributed by atoms with Crippen LogP contribution in [0.25, 0.3) is 23.1 Å². The Hall–Kier alpha value is -1.50. The summed E-state index contributed by atoms with van der Waals surface area (Å²) in [6.07, 6.45) is 7.40. The van der Waals surface area contributed by atoms with Gasteiger partial charge in [-0.3, -0.25) is 0 Å². The van der Waals surface area contributed by atoms with Gasteiger partial charge in [0.05, 0.1) is 0 Å². The molecule has 0 spiro atoms. The average molecular weight is 295 g/mol. The molecule has 0 radical (unpaired) electrons. The Kier molecular flexibility index (Phi) is 4.16. The van der Waals surface area contributed by atoms with Crippen molar-refractivity contribution in [2.45, 2.75) is 53.5 Å². The van der Waals surface area contributed by atoms with E-state index in [1.54, 1.807) is 0 Å². The summed E-state index contributed by atoms with van der Waals surface area (Å²) in [5.74, 6) is 2.38. The van der Waals surface area contributed by atoms with Crippen molar-refractivity contribution < 1.29 is 0 Å². The molecule has 0 N–H and O–H groups in total. The smallest absolute Gasteiger partial charge is 0.0493 e. The molecule has 1 heterocycles. The second-order valence-electron chi connectivity index (χ2n) is 7.17. The van der Waals surface area contributed by atoms with Crippen LogP contribution < -0.4 is 10.6 Å². The van der Waals surface area contributed by atoms with Crippen molar-refractivity contribution in [1.29, 1.82) is 0 Å². The van der Waals surface area contributed by atoms with Gasteiger partial charge in [0.25, 0.3) is 0 Å². The van der Waals surface area contributed by atoms with Gasteiger partial charge >= 0.3 is 0 Å². The van der Waals surface area contributed by atoms with Gasteiger partial charge in [-0.15, -0.1) is 0 Å². The molecule has 1 aliphatic rings. The summed E-state index contributed by atoms with van der Waals surface area (Å²) in [7, 11) is 0. The first-order valence-electron chi connectivity index (χ1n) is 8.85. The van der Waals surface area contributed by atoms with E-state index < -0.39 is 0 Å². The largest absolute Gasteiger partial charge is 0.338 e. The van der Waals surface area contributed by atoms with Crippen molar-refractivity contribution in [3.63, 3.8) is 0 Å². The zero-order valence-corrected chi connectivity index (χ0v) is 14.6. The molecule has 1 aromatic heterocycles. The van der Waals surface area contributed by atoms with Crippen LogP contribution in [0.5, 0.6) is 0 Å². The number of hydrogen-bond donors (Lipinski definition) is 0. The number of fused-ring (bicyclic) bond motifs is 1. The molecule has 1 saturated carbocycles. The number of benzene rings is 1. The molecule has 0 aliphatic heterocycles. The summed E-state index contributed by atoms with van der Waals surface area (Å²) in [5.41, 5.74) is 1.39. The minimum absolute atomic E-state index is 0.537. The quantitative estimate of drug-likeness (QED) is 0.786. The van der Waals surface area contributed by atoms with Gasteiger partial charge in [0, 0.05) is 27.5 Å². The van der Waals surface area contributed by atoms with Gasteiger partial charge in [0.15, 0.2) is 0 Å². The topological polar surface area (TPSA) is 4.93 Å². The Bertz CT molecular complexity index is 772. The van der Waals surface area contributed by atoms with Crippen LogP contribution in [0.15, 0.2) is 24.3 Å². The first kappa shape index (κ1) is 15.4. The van der Waals surface area contributed by atoms with Gasteiger partial charge in [-0.05, 0) is 50.5 Å². The molecule has 2 aromatic rings.